The molecule has 134 valence electrons. The Kier molecular flexibility index (Phi) is 6.28. The minimum atomic E-state index is -0.413. The third-order valence-electron chi connectivity index (χ3n) is 5.35. The summed E-state index contributed by atoms with van der Waals surface area (Å²) in [6.07, 6.45) is 4.16. The number of hydrogen-bond acceptors (Lipinski definition) is 2. The second-order valence-electron chi connectivity index (χ2n) is 7.24. The van der Waals surface area contributed by atoms with Crippen LogP contribution in [0.15, 0.2) is 60.7 Å². The molecule has 3 rings (SSSR count). The van der Waals surface area contributed by atoms with Gasteiger partial charge in [0.2, 0.25) is 0 Å². The highest BCUT2D eigenvalue weighted by Crippen LogP contribution is 2.40. The lowest BCUT2D eigenvalue weighted by Gasteiger charge is -2.40. The lowest BCUT2D eigenvalue weighted by atomic mass is 9.76. The van der Waals surface area contributed by atoms with Crippen molar-refractivity contribution in [2.75, 3.05) is 19.7 Å². The van der Waals surface area contributed by atoms with E-state index in [4.69, 9.17) is 4.74 Å². The zero-order valence-electron chi connectivity index (χ0n) is 15.6. The average Bonchev–Trinajstić information content (AvgIpc) is 3.49. The van der Waals surface area contributed by atoms with Crippen LogP contribution < -0.4 is 5.32 Å². The molecule has 0 heterocycles. The number of benzene rings is 2. The van der Waals surface area contributed by atoms with Gasteiger partial charge in [-0.1, -0.05) is 80.4 Å². The summed E-state index contributed by atoms with van der Waals surface area (Å²) in [6.45, 7) is 7.15. The van der Waals surface area contributed by atoms with Crippen molar-refractivity contribution < 1.29 is 4.74 Å². The summed E-state index contributed by atoms with van der Waals surface area (Å²) in [5, 5.41) is 3.68. The molecule has 1 N–H and O–H groups in total. The molecule has 0 aliphatic heterocycles. The molecule has 0 amide bonds. The lowest BCUT2D eigenvalue weighted by Crippen LogP contribution is -2.43. The first kappa shape index (κ1) is 18.2. The predicted octanol–water partition coefficient (Wildman–Crippen LogP) is 4.99. The van der Waals surface area contributed by atoms with Gasteiger partial charge in [-0.15, -0.1) is 0 Å². The Morgan fingerprint density at radius 3 is 2.04 bits per heavy atom. The van der Waals surface area contributed by atoms with Gasteiger partial charge in [0.1, 0.15) is 5.60 Å². The van der Waals surface area contributed by atoms with Crippen LogP contribution in [-0.4, -0.2) is 19.7 Å². The first-order valence-electron chi connectivity index (χ1n) is 9.73. The molecule has 1 fully saturated rings. The van der Waals surface area contributed by atoms with E-state index in [0.717, 1.165) is 19.0 Å². The predicted molar refractivity (Wildman–Crippen MR) is 105 cm³/mol. The molecule has 1 aliphatic rings. The second kappa shape index (κ2) is 8.64. The maximum Gasteiger partial charge on any atom is 0.122 e. The van der Waals surface area contributed by atoms with E-state index < -0.39 is 5.60 Å². The zero-order valence-corrected chi connectivity index (χ0v) is 15.6. The Hall–Kier alpha value is -1.64. The first-order valence-corrected chi connectivity index (χ1v) is 9.73. The monoisotopic (exact) mass is 337 g/mol. The van der Waals surface area contributed by atoms with Crippen LogP contribution in [0.1, 0.15) is 44.2 Å². The van der Waals surface area contributed by atoms with Gasteiger partial charge >= 0.3 is 0 Å². The van der Waals surface area contributed by atoms with Crippen LogP contribution in [0.4, 0.5) is 0 Å². The minimum absolute atomic E-state index is 0.330. The van der Waals surface area contributed by atoms with Crippen LogP contribution in [0.2, 0.25) is 0 Å². The smallest absolute Gasteiger partial charge is 0.122 e. The van der Waals surface area contributed by atoms with E-state index >= 15 is 0 Å². The molecule has 2 nitrogen and oxygen atoms in total. The van der Waals surface area contributed by atoms with E-state index in [1.54, 1.807) is 0 Å². The highest BCUT2D eigenvalue weighted by Gasteiger charge is 2.40. The van der Waals surface area contributed by atoms with Gasteiger partial charge in [-0.2, -0.15) is 0 Å². The summed E-state index contributed by atoms with van der Waals surface area (Å²) in [6, 6.07) is 21.4. The Morgan fingerprint density at radius 1 is 1.00 bits per heavy atom. The van der Waals surface area contributed by atoms with Crippen molar-refractivity contribution in [3.63, 3.8) is 0 Å². The van der Waals surface area contributed by atoms with Gasteiger partial charge in [0.15, 0.2) is 0 Å². The minimum Gasteiger partial charge on any atom is -0.365 e. The molecule has 1 unspecified atom stereocenters. The molecular weight excluding hydrogens is 306 g/mol. The highest BCUT2D eigenvalue weighted by molar-refractivity contribution is 5.37. The Labute approximate surface area is 152 Å². The summed E-state index contributed by atoms with van der Waals surface area (Å²) in [5.74, 6) is 1.30. The molecule has 0 spiro atoms. The van der Waals surface area contributed by atoms with Crippen molar-refractivity contribution in [2.45, 2.75) is 38.7 Å². The molecule has 2 heteroatoms. The molecule has 0 bridgehead atoms. The van der Waals surface area contributed by atoms with E-state index in [0.29, 0.717) is 12.5 Å². The van der Waals surface area contributed by atoms with Crippen LogP contribution in [-0.2, 0) is 10.3 Å². The number of nitrogens with one attached hydrogen (secondary N) is 1. The molecule has 0 radical (unpaired) electrons. The van der Waals surface area contributed by atoms with Crippen molar-refractivity contribution in [1.82, 2.24) is 5.32 Å². The summed E-state index contributed by atoms with van der Waals surface area (Å²) >= 11 is 0. The standard InChI is InChI=1S/C23H31NO/c1-3-25-23(21-10-6-4-7-11-21,22-12-8-5-9-13-22)19(2)18-24-17-16-20-14-15-20/h4-13,19-20,24H,3,14-18H2,1-2H3. The molecule has 0 aromatic heterocycles. The topological polar surface area (TPSA) is 21.3 Å². The van der Waals surface area contributed by atoms with Crippen LogP contribution in [0, 0.1) is 11.8 Å². The van der Waals surface area contributed by atoms with Gasteiger partial charge < -0.3 is 10.1 Å². The van der Waals surface area contributed by atoms with Crippen molar-refractivity contribution in [3.8, 4) is 0 Å². The fraction of sp³-hybridized carbons (Fsp3) is 0.478. The van der Waals surface area contributed by atoms with Crippen LogP contribution in [0.25, 0.3) is 0 Å². The van der Waals surface area contributed by atoms with E-state index in [2.05, 4.69) is 79.8 Å². The number of rotatable bonds is 10. The summed E-state index contributed by atoms with van der Waals surface area (Å²) in [4.78, 5) is 0. The van der Waals surface area contributed by atoms with E-state index in [1.165, 1.54) is 30.4 Å². The molecule has 2 aromatic carbocycles. The van der Waals surface area contributed by atoms with Crippen molar-refractivity contribution in [1.29, 1.82) is 0 Å². The Bertz CT molecular complexity index is 582. The fourth-order valence-corrected chi connectivity index (χ4v) is 3.82. The molecule has 25 heavy (non-hydrogen) atoms. The first-order chi connectivity index (χ1) is 12.3. The molecular formula is C23H31NO. The van der Waals surface area contributed by atoms with Crippen molar-refractivity contribution in [2.24, 2.45) is 11.8 Å². The van der Waals surface area contributed by atoms with Gasteiger partial charge in [0.25, 0.3) is 0 Å². The van der Waals surface area contributed by atoms with Gasteiger partial charge in [0, 0.05) is 19.1 Å². The van der Waals surface area contributed by atoms with Gasteiger partial charge in [-0.05, 0) is 36.9 Å². The van der Waals surface area contributed by atoms with Crippen molar-refractivity contribution in [3.05, 3.63) is 71.8 Å². The maximum atomic E-state index is 6.51. The van der Waals surface area contributed by atoms with E-state index in [-0.39, 0.29) is 0 Å². The van der Waals surface area contributed by atoms with Crippen LogP contribution in [0.3, 0.4) is 0 Å². The zero-order chi connectivity index (χ0) is 17.5. The largest absolute Gasteiger partial charge is 0.365 e. The molecule has 0 saturated heterocycles. The normalized spacial score (nSPS) is 15.9. The highest BCUT2D eigenvalue weighted by atomic mass is 16.5. The Balaban J connectivity index is 1.86. The number of hydrogen-bond donors (Lipinski definition) is 1. The summed E-state index contributed by atoms with van der Waals surface area (Å²) in [5.41, 5.74) is 2.06. The third kappa shape index (κ3) is 4.31. The van der Waals surface area contributed by atoms with Gasteiger partial charge in [-0.3, -0.25) is 0 Å². The van der Waals surface area contributed by atoms with Gasteiger partial charge in [0.05, 0.1) is 0 Å². The lowest BCUT2D eigenvalue weighted by molar-refractivity contribution is -0.0506. The quantitative estimate of drug-likeness (QED) is 0.617. The Morgan fingerprint density at radius 2 is 1.56 bits per heavy atom. The molecule has 1 aliphatic carbocycles. The second-order valence-corrected chi connectivity index (χ2v) is 7.24. The summed E-state index contributed by atoms with van der Waals surface area (Å²) in [7, 11) is 0. The van der Waals surface area contributed by atoms with Gasteiger partial charge in [-0.25, -0.2) is 0 Å². The maximum absolute atomic E-state index is 6.51. The average molecular weight is 338 g/mol. The van der Waals surface area contributed by atoms with E-state index in [9.17, 15) is 0 Å². The fourth-order valence-electron chi connectivity index (χ4n) is 3.82. The molecule has 1 atom stereocenters. The van der Waals surface area contributed by atoms with Crippen LogP contribution >= 0.6 is 0 Å². The third-order valence-corrected chi connectivity index (χ3v) is 5.35. The SMILES string of the molecule is CCOC(c1ccccc1)(c1ccccc1)C(C)CNCCC1CC1. The van der Waals surface area contributed by atoms with Crippen LogP contribution in [0.5, 0.6) is 0 Å². The molecule has 2 aromatic rings. The van der Waals surface area contributed by atoms with Crippen molar-refractivity contribution >= 4 is 0 Å². The molecule has 1 saturated carbocycles. The van der Waals surface area contributed by atoms with E-state index in [1.807, 2.05) is 0 Å². The summed E-state index contributed by atoms with van der Waals surface area (Å²) < 4.78 is 6.51. The number of ether oxygens (including phenoxy) is 1.